The third-order valence-corrected chi connectivity index (χ3v) is 2.50. The first kappa shape index (κ1) is 14.2. The summed E-state index contributed by atoms with van der Waals surface area (Å²) in [6, 6.07) is 0. The van der Waals surface area contributed by atoms with Crippen LogP contribution in [0.5, 0.6) is 0 Å². The van der Waals surface area contributed by atoms with E-state index in [0.29, 0.717) is 17.9 Å². The highest BCUT2D eigenvalue weighted by molar-refractivity contribution is 6.68. The number of nitrogens with zero attached hydrogens (tertiary/aromatic N) is 3. The first-order valence-corrected chi connectivity index (χ1v) is 5.95. The number of ether oxygens (including phenoxy) is 1. The molecule has 0 saturated carbocycles. The van der Waals surface area contributed by atoms with Crippen LogP contribution in [0.3, 0.4) is 0 Å². The van der Waals surface area contributed by atoms with Gasteiger partial charge < -0.3 is 19.6 Å². The van der Waals surface area contributed by atoms with Crippen molar-refractivity contribution in [3.8, 4) is 0 Å². The average Bonchev–Trinajstić information content (AvgIpc) is 2.90. The minimum Gasteiger partial charge on any atom is -0.479 e. The lowest BCUT2D eigenvalue weighted by Crippen LogP contribution is -2.23. The van der Waals surface area contributed by atoms with Crippen molar-refractivity contribution in [2.75, 3.05) is 7.11 Å². The summed E-state index contributed by atoms with van der Waals surface area (Å²) in [4.78, 5) is 11.7. The van der Waals surface area contributed by atoms with Crippen LogP contribution < -0.4 is 5.32 Å². The third-order valence-electron chi connectivity index (χ3n) is 2.33. The van der Waals surface area contributed by atoms with Gasteiger partial charge >= 0.3 is 0 Å². The second-order valence-corrected chi connectivity index (χ2v) is 4.02. The van der Waals surface area contributed by atoms with E-state index in [-0.39, 0.29) is 29.4 Å². The van der Waals surface area contributed by atoms with Crippen molar-refractivity contribution in [1.82, 2.24) is 10.3 Å². The fourth-order valence-electron chi connectivity index (χ4n) is 1.44. The van der Waals surface area contributed by atoms with Crippen LogP contribution in [0.25, 0.3) is 0 Å². The lowest BCUT2D eigenvalue weighted by Gasteiger charge is -2.11. The van der Waals surface area contributed by atoms with Crippen LogP contribution >= 0.6 is 11.6 Å². The Morgan fingerprint density at radius 3 is 3.00 bits per heavy atom. The van der Waals surface area contributed by atoms with Gasteiger partial charge in [0.2, 0.25) is 17.1 Å². The van der Waals surface area contributed by atoms with Crippen molar-refractivity contribution in [1.29, 1.82) is 5.41 Å². The van der Waals surface area contributed by atoms with Gasteiger partial charge in [-0.3, -0.25) is 5.41 Å². The monoisotopic (exact) mass is 297 g/mol. The maximum Gasteiger partial charge on any atom is 0.244 e. The fourth-order valence-corrected chi connectivity index (χ4v) is 1.60. The van der Waals surface area contributed by atoms with Crippen molar-refractivity contribution in [3.05, 3.63) is 29.7 Å². The molecule has 0 aliphatic carbocycles. The van der Waals surface area contributed by atoms with Gasteiger partial charge in [-0.25, -0.2) is 9.98 Å². The lowest BCUT2D eigenvalue weighted by molar-refractivity contribution is 0.240. The van der Waals surface area contributed by atoms with E-state index in [1.54, 1.807) is 0 Å². The maximum absolute atomic E-state index is 8.82. The molecule has 0 saturated heterocycles. The van der Waals surface area contributed by atoms with Gasteiger partial charge in [0.1, 0.15) is 24.3 Å². The van der Waals surface area contributed by atoms with Crippen LogP contribution in [0.4, 0.5) is 0 Å². The number of methoxy groups -OCH3 is 1. The smallest absolute Gasteiger partial charge is 0.244 e. The number of hydrogen-bond donors (Lipinski definition) is 3. The van der Waals surface area contributed by atoms with Gasteiger partial charge in [0.15, 0.2) is 0 Å². The summed E-state index contributed by atoms with van der Waals surface area (Å²) >= 11 is 5.73. The van der Waals surface area contributed by atoms with Crippen LogP contribution in [0.15, 0.2) is 32.6 Å². The number of oxazole rings is 1. The molecule has 9 heteroatoms. The number of aliphatic hydroxyl groups excluding tert-OH is 1. The third kappa shape index (κ3) is 3.22. The van der Waals surface area contributed by atoms with E-state index in [9.17, 15) is 0 Å². The molecule has 20 heavy (non-hydrogen) atoms. The van der Waals surface area contributed by atoms with Crippen LogP contribution in [0, 0.1) is 5.41 Å². The number of amidine groups is 1. The molecule has 0 amide bonds. The van der Waals surface area contributed by atoms with E-state index in [1.807, 2.05) is 0 Å². The number of aliphatic hydroxyl groups is 1. The Morgan fingerprint density at radius 1 is 1.55 bits per heavy atom. The van der Waals surface area contributed by atoms with Gasteiger partial charge in [-0.2, -0.15) is 4.99 Å². The SMILES string of the molecule is COC1=NC(Cl)=N/C(=C/NCc2coc(CO)n2)C1=N. The van der Waals surface area contributed by atoms with Gasteiger partial charge in [0.05, 0.1) is 19.3 Å². The predicted molar refractivity (Wildman–Crippen MR) is 72.8 cm³/mol. The number of hydrogen-bond acceptors (Lipinski definition) is 8. The summed E-state index contributed by atoms with van der Waals surface area (Å²) in [5.74, 6) is 0.344. The predicted octanol–water partition coefficient (Wildman–Crippen LogP) is 0.771. The zero-order chi connectivity index (χ0) is 14.5. The fraction of sp³-hybridized carbons (Fsp3) is 0.273. The van der Waals surface area contributed by atoms with Crippen molar-refractivity contribution < 1.29 is 14.3 Å². The minimum absolute atomic E-state index is 0.00472. The summed E-state index contributed by atoms with van der Waals surface area (Å²) in [6.45, 7) is 0.103. The van der Waals surface area contributed by atoms with Gasteiger partial charge in [0, 0.05) is 6.20 Å². The second-order valence-electron chi connectivity index (χ2n) is 3.68. The Morgan fingerprint density at radius 2 is 2.35 bits per heavy atom. The molecule has 0 spiro atoms. The van der Waals surface area contributed by atoms with Crippen LogP contribution in [-0.4, -0.2) is 34.1 Å². The lowest BCUT2D eigenvalue weighted by atomic mass is 10.2. The second kappa shape index (κ2) is 6.31. The standard InChI is InChI=1S/C11H12ClN5O3/c1-19-10-9(13)7(16-11(12)17-10)3-14-2-6-5-20-8(4-18)15-6/h3,5,13-14,18H,2,4H2,1H3/b7-3+,13-9?. The Bertz CT molecular complexity index is 605. The average molecular weight is 298 g/mol. The van der Waals surface area contributed by atoms with Crippen LogP contribution in [0.2, 0.25) is 0 Å². The zero-order valence-electron chi connectivity index (χ0n) is 10.6. The van der Waals surface area contributed by atoms with Gasteiger partial charge in [0.25, 0.3) is 0 Å². The van der Waals surface area contributed by atoms with Crippen LogP contribution in [0.1, 0.15) is 11.6 Å². The van der Waals surface area contributed by atoms with E-state index in [4.69, 9.17) is 31.3 Å². The molecule has 1 aliphatic heterocycles. The highest BCUT2D eigenvalue weighted by Gasteiger charge is 2.19. The number of nitrogens with one attached hydrogen (secondary N) is 2. The van der Waals surface area contributed by atoms with E-state index < -0.39 is 0 Å². The Labute approximate surface area is 119 Å². The van der Waals surface area contributed by atoms with Gasteiger partial charge in [-0.15, -0.1) is 0 Å². The highest BCUT2D eigenvalue weighted by atomic mass is 35.5. The quantitative estimate of drug-likeness (QED) is 0.710. The number of aliphatic imine (C=N–C) groups is 2. The topological polar surface area (TPSA) is 116 Å². The molecule has 2 heterocycles. The minimum atomic E-state index is -0.251. The van der Waals surface area contributed by atoms with E-state index in [0.717, 1.165) is 0 Å². The molecule has 0 bridgehead atoms. The van der Waals surface area contributed by atoms with E-state index >= 15 is 0 Å². The largest absolute Gasteiger partial charge is 0.479 e. The molecule has 8 nitrogen and oxygen atoms in total. The summed E-state index contributed by atoms with van der Waals surface area (Å²) < 4.78 is 9.90. The number of aromatic nitrogens is 1. The first-order chi connectivity index (χ1) is 9.63. The van der Waals surface area contributed by atoms with Crippen molar-refractivity contribution in [3.63, 3.8) is 0 Å². The summed E-state index contributed by atoms with van der Waals surface area (Å²) in [5, 5.41) is 19.6. The molecule has 0 radical (unpaired) electrons. The maximum atomic E-state index is 8.82. The van der Waals surface area contributed by atoms with E-state index in [1.165, 1.54) is 19.6 Å². The van der Waals surface area contributed by atoms with Crippen molar-refractivity contribution in [2.24, 2.45) is 9.98 Å². The molecule has 0 atom stereocenters. The van der Waals surface area contributed by atoms with Gasteiger partial charge in [-0.1, -0.05) is 0 Å². The Balaban J connectivity index is 2.01. The summed E-state index contributed by atoms with van der Waals surface area (Å²) in [6.07, 6.45) is 2.94. The number of rotatable bonds is 4. The Hall–Kier alpha value is -2.19. The zero-order valence-corrected chi connectivity index (χ0v) is 11.3. The molecule has 3 N–H and O–H groups in total. The normalized spacial score (nSPS) is 16.9. The number of halogens is 1. The van der Waals surface area contributed by atoms with Crippen molar-refractivity contribution >= 4 is 28.5 Å². The first-order valence-electron chi connectivity index (χ1n) is 5.58. The Kier molecular flexibility index (Phi) is 4.49. The summed E-state index contributed by atoms with van der Waals surface area (Å²) in [7, 11) is 1.40. The van der Waals surface area contributed by atoms with Crippen molar-refractivity contribution in [2.45, 2.75) is 13.2 Å². The molecule has 1 aromatic rings. The highest BCUT2D eigenvalue weighted by Crippen LogP contribution is 2.10. The molecule has 1 aliphatic rings. The molecule has 1 aromatic heterocycles. The molecule has 2 rings (SSSR count). The summed E-state index contributed by atoms with van der Waals surface area (Å²) in [5.41, 5.74) is 0.942. The molecular formula is C11H12ClN5O3. The van der Waals surface area contributed by atoms with E-state index in [2.05, 4.69) is 20.3 Å². The molecule has 0 aromatic carbocycles. The molecule has 0 unspecified atom stereocenters. The van der Waals surface area contributed by atoms with Gasteiger partial charge in [-0.05, 0) is 11.6 Å². The molecular weight excluding hydrogens is 286 g/mol. The molecule has 0 fully saturated rings. The van der Waals surface area contributed by atoms with Crippen LogP contribution in [-0.2, 0) is 17.9 Å². The molecule has 106 valence electrons.